The molecule has 1 saturated heterocycles. The molecule has 1 aliphatic heterocycles. The number of benzene rings is 1. The van der Waals surface area contributed by atoms with Crippen LogP contribution < -0.4 is 5.32 Å². The van der Waals surface area contributed by atoms with Crippen molar-refractivity contribution >= 4 is 15.7 Å². The zero-order chi connectivity index (χ0) is 16.0. The van der Waals surface area contributed by atoms with Gasteiger partial charge in [0.15, 0.2) is 9.84 Å². The number of hydrogen-bond acceptors (Lipinski definition) is 4. The molecule has 6 heteroatoms. The van der Waals surface area contributed by atoms with Gasteiger partial charge in [0, 0.05) is 19.6 Å². The highest BCUT2D eigenvalue weighted by Crippen LogP contribution is 2.23. The molecule has 0 saturated carbocycles. The van der Waals surface area contributed by atoms with Gasteiger partial charge >= 0.3 is 0 Å². The third-order valence-corrected chi connectivity index (χ3v) is 5.55. The van der Waals surface area contributed by atoms with Crippen LogP contribution in [0.15, 0.2) is 30.3 Å². The van der Waals surface area contributed by atoms with Gasteiger partial charge in [-0.2, -0.15) is 0 Å². The van der Waals surface area contributed by atoms with Gasteiger partial charge in [-0.3, -0.25) is 9.69 Å². The van der Waals surface area contributed by atoms with Gasteiger partial charge in [-0.05, 0) is 12.0 Å². The molecule has 1 atom stereocenters. The Hall–Kier alpha value is -1.40. The van der Waals surface area contributed by atoms with Gasteiger partial charge in [0.05, 0.1) is 11.5 Å². The largest absolute Gasteiger partial charge is 0.354 e. The number of rotatable bonds is 6. The number of sulfone groups is 1. The number of hydrogen-bond donors (Lipinski definition) is 1. The summed E-state index contributed by atoms with van der Waals surface area (Å²) in [7, 11) is -2.95. The maximum atomic E-state index is 12.6. The molecule has 0 radical (unpaired) electrons. The Morgan fingerprint density at radius 1 is 1.23 bits per heavy atom. The third-order valence-electron chi connectivity index (χ3n) is 3.94. The van der Waals surface area contributed by atoms with Gasteiger partial charge in [-0.15, -0.1) is 0 Å². The van der Waals surface area contributed by atoms with Crippen molar-refractivity contribution in [1.29, 1.82) is 0 Å². The lowest BCUT2D eigenvalue weighted by molar-refractivity contribution is -0.126. The molecule has 1 aromatic rings. The minimum Gasteiger partial charge on any atom is -0.354 e. The average molecular weight is 324 g/mol. The molecular formula is C16H24N2O3S. The molecule has 1 fully saturated rings. The van der Waals surface area contributed by atoms with Gasteiger partial charge in [0.2, 0.25) is 5.91 Å². The van der Waals surface area contributed by atoms with Crippen LogP contribution in [0.2, 0.25) is 0 Å². The van der Waals surface area contributed by atoms with Crippen LogP contribution in [0, 0.1) is 0 Å². The van der Waals surface area contributed by atoms with E-state index in [0.29, 0.717) is 19.6 Å². The number of nitrogens with one attached hydrogen (secondary N) is 1. The van der Waals surface area contributed by atoms with E-state index in [1.54, 1.807) is 0 Å². The predicted octanol–water partition coefficient (Wildman–Crippen LogP) is 1.37. The summed E-state index contributed by atoms with van der Waals surface area (Å²) in [6.45, 7) is 3.55. The van der Waals surface area contributed by atoms with Crippen molar-refractivity contribution in [3.05, 3.63) is 35.9 Å². The Balaban J connectivity index is 2.13. The SMILES string of the molecule is CCCCNC(=O)[C@@H](c1ccccc1)N1CCS(=O)(=O)CC1. The van der Waals surface area contributed by atoms with E-state index in [1.807, 2.05) is 35.2 Å². The molecule has 122 valence electrons. The first-order valence-corrected chi connectivity index (χ1v) is 9.63. The predicted molar refractivity (Wildman–Crippen MR) is 87.3 cm³/mol. The topological polar surface area (TPSA) is 66.5 Å². The van der Waals surface area contributed by atoms with Crippen molar-refractivity contribution in [3.8, 4) is 0 Å². The summed E-state index contributed by atoms with van der Waals surface area (Å²) in [6, 6.07) is 9.16. The van der Waals surface area contributed by atoms with Crippen LogP contribution in [0.4, 0.5) is 0 Å². The first-order chi connectivity index (χ1) is 10.5. The van der Waals surface area contributed by atoms with Crippen molar-refractivity contribution in [2.24, 2.45) is 0 Å². The van der Waals surface area contributed by atoms with E-state index in [4.69, 9.17) is 0 Å². The number of amides is 1. The zero-order valence-corrected chi connectivity index (χ0v) is 13.8. The summed E-state index contributed by atoms with van der Waals surface area (Å²) in [5.74, 6) is 0.205. The molecule has 1 heterocycles. The second-order valence-electron chi connectivity index (χ2n) is 5.65. The van der Waals surface area contributed by atoms with Crippen LogP contribution in [0.1, 0.15) is 31.4 Å². The Morgan fingerprint density at radius 3 is 2.45 bits per heavy atom. The van der Waals surface area contributed by atoms with Gasteiger partial charge in [0.1, 0.15) is 6.04 Å². The molecule has 0 aromatic heterocycles. The van der Waals surface area contributed by atoms with E-state index < -0.39 is 15.9 Å². The average Bonchev–Trinajstić information content (AvgIpc) is 2.50. The first-order valence-electron chi connectivity index (χ1n) is 7.80. The number of carbonyl (C=O) groups excluding carboxylic acids is 1. The minimum absolute atomic E-state index is 0.0426. The Labute approximate surface area is 132 Å². The summed E-state index contributed by atoms with van der Waals surface area (Å²) in [4.78, 5) is 14.5. The molecule has 1 amide bonds. The van der Waals surface area contributed by atoms with Crippen LogP contribution in [-0.2, 0) is 14.6 Å². The summed E-state index contributed by atoms with van der Waals surface area (Å²) < 4.78 is 23.2. The van der Waals surface area contributed by atoms with E-state index in [2.05, 4.69) is 12.2 Å². The molecule has 0 bridgehead atoms. The van der Waals surface area contributed by atoms with Crippen LogP contribution in [0.5, 0.6) is 0 Å². The van der Waals surface area contributed by atoms with Crippen molar-refractivity contribution in [2.75, 3.05) is 31.1 Å². The van der Waals surface area contributed by atoms with Crippen LogP contribution in [-0.4, -0.2) is 50.4 Å². The molecule has 1 N–H and O–H groups in total. The Morgan fingerprint density at radius 2 is 1.86 bits per heavy atom. The normalized spacial score (nSPS) is 19.5. The molecule has 0 unspecified atom stereocenters. The highest BCUT2D eigenvalue weighted by molar-refractivity contribution is 7.91. The monoisotopic (exact) mass is 324 g/mol. The smallest absolute Gasteiger partial charge is 0.241 e. The van der Waals surface area contributed by atoms with E-state index >= 15 is 0 Å². The van der Waals surface area contributed by atoms with Gasteiger partial charge in [-0.25, -0.2) is 8.42 Å². The Kier molecular flexibility index (Phi) is 5.97. The molecule has 2 rings (SSSR count). The van der Waals surface area contributed by atoms with E-state index in [1.165, 1.54) is 0 Å². The lowest BCUT2D eigenvalue weighted by atomic mass is 10.0. The minimum atomic E-state index is -2.95. The first kappa shape index (κ1) is 17.0. The Bertz CT molecular complexity index is 573. The number of unbranched alkanes of at least 4 members (excludes halogenated alkanes) is 1. The summed E-state index contributed by atoms with van der Waals surface area (Å²) in [5, 5.41) is 2.97. The van der Waals surface area contributed by atoms with Crippen LogP contribution in [0.25, 0.3) is 0 Å². The van der Waals surface area contributed by atoms with Crippen LogP contribution in [0.3, 0.4) is 0 Å². The number of carbonyl (C=O) groups is 1. The summed E-state index contributed by atoms with van der Waals surface area (Å²) >= 11 is 0. The maximum Gasteiger partial charge on any atom is 0.241 e. The molecule has 0 spiro atoms. The molecule has 1 aromatic carbocycles. The lowest BCUT2D eigenvalue weighted by Crippen LogP contribution is -2.47. The third kappa shape index (κ3) is 4.55. The van der Waals surface area contributed by atoms with Crippen LogP contribution >= 0.6 is 0 Å². The van der Waals surface area contributed by atoms with Crippen molar-refractivity contribution in [2.45, 2.75) is 25.8 Å². The van der Waals surface area contributed by atoms with E-state index in [0.717, 1.165) is 18.4 Å². The van der Waals surface area contributed by atoms with Gasteiger partial charge < -0.3 is 5.32 Å². The molecule has 1 aliphatic rings. The van der Waals surface area contributed by atoms with Crippen molar-refractivity contribution < 1.29 is 13.2 Å². The molecular weight excluding hydrogens is 300 g/mol. The molecule has 22 heavy (non-hydrogen) atoms. The molecule has 0 aliphatic carbocycles. The highest BCUT2D eigenvalue weighted by Gasteiger charge is 2.32. The van der Waals surface area contributed by atoms with Gasteiger partial charge in [0.25, 0.3) is 0 Å². The number of nitrogens with zero attached hydrogens (tertiary/aromatic N) is 1. The second-order valence-corrected chi connectivity index (χ2v) is 7.95. The highest BCUT2D eigenvalue weighted by atomic mass is 32.2. The van der Waals surface area contributed by atoms with E-state index in [-0.39, 0.29) is 17.4 Å². The maximum absolute atomic E-state index is 12.6. The fraction of sp³-hybridized carbons (Fsp3) is 0.562. The quantitative estimate of drug-likeness (QED) is 0.803. The van der Waals surface area contributed by atoms with Crippen molar-refractivity contribution in [1.82, 2.24) is 10.2 Å². The standard InChI is InChI=1S/C16H24N2O3S/c1-2-3-9-17-16(19)15(14-7-5-4-6-8-14)18-10-12-22(20,21)13-11-18/h4-8,15H,2-3,9-13H2,1H3,(H,17,19)/t15-/m1/s1. The molecule has 5 nitrogen and oxygen atoms in total. The summed E-state index contributed by atoms with van der Waals surface area (Å²) in [5.41, 5.74) is 0.913. The van der Waals surface area contributed by atoms with Gasteiger partial charge in [-0.1, -0.05) is 43.7 Å². The van der Waals surface area contributed by atoms with Crippen molar-refractivity contribution in [3.63, 3.8) is 0 Å². The van der Waals surface area contributed by atoms with E-state index in [9.17, 15) is 13.2 Å². The summed E-state index contributed by atoms with van der Waals surface area (Å²) in [6.07, 6.45) is 1.97. The fourth-order valence-electron chi connectivity index (χ4n) is 2.63. The lowest BCUT2D eigenvalue weighted by Gasteiger charge is -2.33. The fourth-order valence-corrected chi connectivity index (χ4v) is 3.86. The zero-order valence-electron chi connectivity index (χ0n) is 13.0. The second kappa shape index (κ2) is 7.74.